The Morgan fingerprint density at radius 1 is 1.29 bits per heavy atom. The zero-order valence-corrected chi connectivity index (χ0v) is 17.3. The summed E-state index contributed by atoms with van der Waals surface area (Å²) in [5.74, 6) is 2.76. The number of H-pyrrole nitrogens is 1. The first-order valence-corrected chi connectivity index (χ1v) is 9.71. The van der Waals surface area contributed by atoms with E-state index in [1.54, 1.807) is 12.3 Å². The minimum atomic E-state index is 0.548. The standard InChI is InChI=1S/C19H22Cl2N6O/c1-3-22-19(27(2)12-13-6-7-14(20)15(21)11-13)23-9-8-17-24-18(26-25-17)16-5-4-10-28-16/h4-7,10-11H,3,8-9,12H2,1-2H3,(H,22,23)(H,24,25,26). The van der Waals surface area contributed by atoms with Crippen LogP contribution in [0.5, 0.6) is 0 Å². The molecule has 148 valence electrons. The van der Waals surface area contributed by atoms with Crippen LogP contribution in [-0.4, -0.2) is 46.2 Å². The Balaban J connectivity index is 1.60. The second kappa shape index (κ2) is 9.61. The Hall–Kier alpha value is -2.51. The predicted octanol–water partition coefficient (Wildman–Crippen LogP) is 4.01. The highest BCUT2D eigenvalue weighted by atomic mass is 35.5. The van der Waals surface area contributed by atoms with Gasteiger partial charge >= 0.3 is 0 Å². The van der Waals surface area contributed by atoms with E-state index >= 15 is 0 Å². The summed E-state index contributed by atoms with van der Waals surface area (Å²) in [5.41, 5.74) is 1.06. The molecule has 0 aliphatic carbocycles. The molecule has 0 aliphatic rings. The monoisotopic (exact) mass is 420 g/mol. The van der Waals surface area contributed by atoms with Crippen molar-refractivity contribution in [3.8, 4) is 11.6 Å². The van der Waals surface area contributed by atoms with E-state index in [1.807, 2.05) is 43.1 Å². The summed E-state index contributed by atoms with van der Waals surface area (Å²) >= 11 is 12.1. The van der Waals surface area contributed by atoms with Gasteiger partial charge < -0.3 is 14.6 Å². The molecule has 0 unspecified atom stereocenters. The lowest BCUT2D eigenvalue weighted by Gasteiger charge is -2.22. The molecule has 2 N–H and O–H groups in total. The van der Waals surface area contributed by atoms with Crippen molar-refractivity contribution in [3.63, 3.8) is 0 Å². The number of benzene rings is 1. The van der Waals surface area contributed by atoms with Gasteiger partial charge in [0.2, 0.25) is 5.82 Å². The van der Waals surface area contributed by atoms with Crippen molar-refractivity contribution in [1.82, 2.24) is 25.4 Å². The molecule has 7 nitrogen and oxygen atoms in total. The highest BCUT2D eigenvalue weighted by molar-refractivity contribution is 6.42. The van der Waals surface area contributed by atoms with Gasteiger partial charge in [-0.1, -0.05) is 29.3 Å². The number of nitrogens with one attached hydrogen (secondary N) is 2. The lowest BCUT2D eigenvalue weighted by atomic mass is 10.2. The molecule has 0 radical (unpaired) electrons. The molecule has 1 aromatic carbocycles. The summed E-state index contributed by atoms with van der Waals surface area (Å²) in [6.45, 7) is 4.04. The van der Waals surface area contributed by atoms with Gasteiger partial charge in [-0.05, 0) is 36.8 Å². The Labute approximate surface area is 173 Å². The van der Waals surface area contributed by atoms with Crippen LogP contribution in [0.25, 0.3) is 11.6 Å². The molecule has 3 rings (SSSR count). The second-order valence-electron chi connectivity index (χ2n) is 6.17. The van der Waals surface area contributed by atoms with Gasteiger partial charge in [0, 0.05) is 33.1 Å². The van der Waals surface area contributed by atoms with E-state index < -0.39 is 0 Å². The molecule has 3 aromatic rings. The molecule has 0 aliphatic heterocycles. The van der Waals surface area contributed by atoms with E-state index in [4.69, 9.17) is 27.6 Å². The molecule has 0 saturated carbocycles. The first kappa shape index (κ1) is 20.2. The minimum Gasteiger partial charge on any atom is -0.461 e. The van der Waals surface area contributed by atoms with Gasteiger partial charge in [-0.2, -0.15) is 5.10 Å². The molecule has 0 bridgehead atoms. The summed E-state index contributed by atoms with van der Waals surface area (Å²) in [6, 6.07) is 9.26. The zero-order chi connectivity index (χ0) is 19.9. The first-order valence-electron chi connectivity index (χ1n) is 8.95. The van der Waals surface area contributed by atoms with Gasteiger partial charge in [0.15, 0.2) is 11.7 Å². The smallest absolute Gasteiger partial charge is 0.216 e. The van der Waals surface area contributed by atoms with Crippen LogP contribution in [-0.2, 0) is 13.0 Å². The Morgan fingerprint density at radius 3 is 2.86 bits per heavy atom. The third kappa shape index (κ3) is 5.27. The normalized spacial score (nSPS) is 11.6. The van der Waals surface area contributed by atoms with Crippen molar-refractivity contribution >= 4 is 29.2 Å². The van der Waals surface area contributed by atoms with E-state index in [-0.39, 0.29) is 0 Å². The molecular formula is C19H22Cl2N6O. The number of aliphatic imine (C=N–C) groups is 1. The molecule has 0 saturated heterocycles. The fraction of sp³-hybridized carbons (Fsp3) is 0.316. The van der Waals surface area contributed by atoms with Gasteiger partial charge in [0.1, 0.15) is 5.82 Å². The first-order chi connectivity index (χ1) is 13.6. The van der Waals surface area contributed by atoms with E-state index in [0.29, 0.717) is 41.1 Å². The SMILES string of the molecule is CCNC(=NCCc1nc(-c2ccco2)n[nH]1)N(C)Cc1ccc(Cl)c(Cl)c1. The van der Waals surface area contributed by atoms with Crippen LogP contribution >= 0.6 is 23.2 Å². The van der Waals surface area contributed by atoms with Gasteiger partial charge in [0.25, 0.3) is 0 Å². The topological polar surface area (TPSA) is 82.3 Å². The highest BCUT2D eigenvalue weighted by Crippen LogP contribution is 2.23. The molecule has 2 heterocycles. The fourth-order valence-corrected chi connectivity index (χ4v) is 2.97. The summed E-state index contributed by atoms with van der Waals surface area (Å²) < 4.78 is 5.30. The average Bonchev–Trinajstić information content (AvgIpc) is 3.35. The van der Waals surface area contributed by atoms with Crippen LogP contribution in [0, 0.1) is 0 Å². The van der Waals surface area contributed by atoms with Crippen LogP contribution in [0.2, 0.25) is 10.0 Å². The van der Waals surface area contributed by atoms with Gasteiger partial charge in [-0.25, -0.2) is 4.98 Å². The molecule has 9 heteroatoms. The summed E-state index contributed by atoms with van der Waals surface area (Å²) in [7, 11) is 1.98. The molecule has 0 spiro atoms. The number of halogens is 2. The number of furan rings is 1. The molecule has 2 aromatic heterocycles. The molecule has 0 atom stereocenters. The second-order valence-corrected chi connectivity index (χ2v) is 6.99. The molecule has 28 heavy (non-hydrogen) atoms. The summed E-state index contributed by atoms with van der Waals surface area (Å²) in [5, 5.41) is 11.5. The van der Waals surface area contributed by atoms with E-state index in [9.17, 15) is 0 Å². The third-order valence-electron chi connectivity index (χ3n) is 3.98. The molecular weight excluding hydrogens is 399 g/mol. The van der Waals surface area contributed by atoms with Crippen LogP contribution in [0.4, 0.5) is 0 Å². The lowest BCUT2D eigenvalue weighted by molar-refractivity contribution is 0.477. The third-order valence-corrected chi connectivity index (χ3v) is 4.72. The highest BCUT2D eigenvalue weighted by Gasteiger charge is 2.10. The Kier molecular flexibility index (Phi) is 6.95. The van der Waals surface area contributed by atoms with Crippen LogP contribution in [0.3, 0.4) is 0 Å². The minimum absolute atomic E-state index is 0.548. The van der Waals surface area contributed by atoms with Crippen molar-refractivity contribution in [2.24, 2.45) is 4.99 Å². The predicted molar refractivity (Wildman–Crippen MR) is 112 cm³/mol. The van der Waals surface area contributed by atoms with Gasteiger partial charge in [-0.3, -0.25) is 10.1 Å². The number of aromatic amines is 1. The Bertz CT molecular complexity index is 922. The number of hydrogen-bond donors (Lipinski definition) is 2. The number of hydrogen-bond acceptors (Lipinski definition) is 4. The van der Waals surface area contributed by atoms with Crippen LogP contribution in [0.1, 0.15) is 18.3 Å². The molecule has 0 fully saturated rings. The summed E-state index contributed by atoms with van der Waals surface area (Å²) in [6.07, 6.45) is 2.24. The van der Waals surface area contributed by atoms with Crippen molar-refractivity contribution in [2.45, 2.75) is 19.9 Å². The van der Waals surface area contributed by atoms with Gasteiger partial charge in [-0.15, -0.1) is 0 Å². The van der Waals surface area contributed by atoms with Crippen molar-refractivity contribution in [1.29, 1.82) is 0 Å². The van der Waals surface area contributed by atoms with E-state index in [1.165, 1.54) is 0 Å². The number of aromatic nitrogens is 3. The van der Waals surface area contributed by atoms with Crippen molar-refractivity contribution in [3.05, 3.63) is 58.0 Å². The number of nitrogens with zero attached hydrogens (tertiary/aromatic N) is 4. The average molecular weight is 421 g/mol. The quantitative estimate of drug-likeness (QED) is 0.445. The maximum Gasteiger partial charge on any atom is 0.216 e. The van der Waals surface area contributed by atoms with E-state index in [2.05, 4.69) is 25.5 Å². The van der Waals surface area contributed by atoms with E-state index in [0.717, 1.165) is 23.9 Å². The van der Waals surface area contributed by atoms with Crippen molar-refractivity contribution < 1.29 is 4.42 Å². The Morgan fingerprint density at radius 2 is 2.14 bits per heavy atom. The maximum atomic E-state index is 6.11. The fourth-order valence-electron chi connectivity index (χ4n) is 2.65. The van der Waals surface area contributed by atoms with Crippen molar-refractivity contribution in [2.75, 3.05) is 20.1 Å². The van der Waals surface area contributed by atoms with Crippen LogP contribution in [0.15, 0.2) is 46.0 Å². The van der Waals surface area contributed by atoms with Gasteiger partial charge in [0.05, 0.1) is 16.3 Å². The maximum absolute atomic E-state index is 6.11. The zero-order valence-electron chi connectivity index (χ0n) is 15.7. The molecule has 0 amide bonds. The lowest BCUT2D eigenvalue weighted by Crippen LogP contribution is -2.38. The largest absolute Gasteiger partial charge is 0.461 e. The number of guanidine groups is 1. The van der Waals surface area contributed by atoms with Crippen LogP contribution < -0.4 is 5.32 Å². The summed E-state index contributed by atoms with van der Waals surface area (Å²) in [4.78, 5) is 11.2. The number of rotatable bonds is 7.